The number of pyridine rings is 1. The van der Waals surface area contributed by atoms with Crippen LogP contribution in [-0.4, -0.2) is 64.7 Å². The van der Waals surface area contributed by atoms with Crippen molar-refractivity contribution in [2.75, 3.05) is 34.2 Å². The van der Waals surface area contributed by atoms with Gasteiger partial charge in [-0.15, -0.1) is 0 Å². The van der Waals surface area contributed by atoms with Crippen molar-refractivity contribution < 1.29 is 9.18 Å². The topological polar surface area (TPSA) is 54.3 Å². The molecule has 7 heteroatoms. The summed E-state index contributed by atoms with van der Waals surface area (Å²) in [6.07, 6.45) is 5.86. The first kappa shape index (κ1) is 18.6. The Balaban J connectivity index is 1.75. The van der Waals surface area contributed by atoms with Crippen molar-refractivity contribution in [2.45, 2.75) is 18.9 Å². The molecule has 0 radical (unpaired) electrons. The van der Waals surface area contributed by atoms with Gasteiger partial charge in [0.05, 0.1) is 29.0 Å². The first-order valence-electron chi connectivity index (χ1n) is 9.47. The second kappa shape index (κ2) is 7.31. The van der Waals surface area contributed by atoms with Gasteiger partial charge in [0.15, 0.2) is 0 Å². The molecule has 3 aromatic rings. The van der Waals surface area contributed by atoms with E-state index in [2.05, 4.69) is 22.0 Å². The number of carbonyl (C=O) groups is 1. The predicted octanol–water partition coefficient (Wildman–Crippen LogP) is 3.21. The third kappa shape index (κ3) is 3.49. The van der Waals surface area contributed by atoms with Crippen molar-refractivity contribution in [3.63, 3.8) is 0 Å². The number of halogens is 1. The van der Waals surface area contributed by atoms with E-state index in [4.69, 9.17) is 0 Å². The fourth-order valence-corrected chi connectivity index (χ4v) is 3.70. The summed E-state index contributed by atoms with van der Waals surface area (Å²) < 4.78 is 15.8. The van der Waals surface area contributed by atoms with Crippen molar-refractivity contribution >= 4 is 16.8 Å². The first-order valence-corrected chi connectivity index (χ1v) is 9.47. The van der Waals surface area contributed by atoms with Crippen LogP contribution in [0.5, 0.6) is 0 Å². The van der Waals surface area contributed by atoms with Gasteiger partial charge >= 0.3 is 0 Å². The number of hydrogen-bond donors (Lipinski definition) is 0. The highest BCUT2D eigenvalue weighted by Gasteiger charge is 2.20. The molecule has 0 N–H and O–H groups in total. The van der Waals surface area contributed by atoms with E-state index in [1.807, 2.05) is 10.9 Å². The van der Waals surface area contributed by atoms with Gasteiger partial charge in [0.2, 0.25) is 0 Å². The lowest BCUT2D eigenvalue weighted by Gasteiger charge is -2.28. The van der Waals surface area contributed by atoms with E-state index in [1.54, 1.807) is 32.4 Å². The maximum Gasteiger partial charge on any atom is 0.254 e. The van der Waals surface area contributed by atoms with Crippen LogP contribution in [0, 0.1) is 5.82 Å². The number of nitrogens with zero attached hydrogens (tertiary/aromatic N) is 5. The standard InChI is InChI=1S/C21H24FN5O/c1-25(2)21(28)18-11-19(24-20-10-15(22)4-5-17(18)20)14-12-23-27(13-14)16-6-8-26(3)9-7-16/h4-5,10-13,16H,6-9H2,1-3H3. The van der Waals surface area contributed by atoms with Gasteiger partial charge in [0.25, 0.3) is 5.91 Å². The highest BCUT2D eigenvalue weighted by atomic mass is 19.1. The Kier molecular flexibility index (Phi) is 4.85. The Labute approximate surface area is 163 Å². The number of benzene rings is 1. The first-order chi connectivity index (χ1) is 13.4. The minimum absolute atomic E-state index is 0.136. The van der Waals surface area contributed by atoms with E-state index in [0.717, 1.165) is 31.5 Å². The lowest BCUT2D eigenvalue weighted by molar-refractivity contribution is 0.0829. The third-order valence-electron chi connectivity index (χ3n) is 5.37. The lowest BCUT2D eigenvalue weighted by Crippen LogP contribution is -2.31. The summed E-state index contributed by atoms with van der Waals surface area (Å²) in [4.78, 5) is 21.1. The van der Waals surface area contributed by atoms with E-state index in [9.17, 15) is 9.18 Å². The van der Waals surface area contributed by atoms with Crippen LogP contribution >= 0.6 is 0 Å². The van der Waals surface area contributed by atoms with Crippen LogP contribution in [-0.2, 0) is 0 Å². The molecular weight excluding hydrogens is 357 g/mol. The summed E-state index contributed by atoms with van der Waals surface area (Å²) in [6, 6.07) is 6.48. The molecule has 1 aromatic carbocycles. The van der Waals surface area contributed by atoms with Gasteiger partial charge in [-0.05, 0) is 51.2 Å². The molecule has 3 heterocycles. The summed E-state index contributed by atoms with van der Waals surface area (Å²) in [6.45, 7) is 2.10. The SMILES string of the molecule is CN1CCC(n2cc(-c3cc(C(=O)N(C)C)c4ccc(F)cc4n3)cn2)CC1. The average molecular weight is 381 g/mol. The summed E-state index contributed by atoms with van der Waals surface area (Å²) >= 11 is 0. The van der Waals surface area contributed by atoms with Crippen molar-refractivity contribution in [1.29, 1.82) is 0 Å². The normalized spacial score (nSPS) is 15.9. The van der Waals surface area contributed by atoms with E-state index in [1.165, 1.54) is 17.0 Å². The quantitative estimate of drug-likeness (QED) is 0.699. The Morgan fingerprint density at radius 2 is 1.96 bits per heavy atom. The van der Waals surface area contributed by atoms with E-state index in [-0.39, 0.29) is 11.7 Å². The molecule has 0 aliphatic carbocycles. The van der Waals surface area contributed by atoms with E-state index >= 15 is 0 Å². The third-order valence-corrected chi connectivity index (χ3v) is 5.37. The number of fused-ring (bicyclic) bond motifs is 1. The Morgan fingerprint density at radius 3 is 2.68 bits per heavy atom. The molecule has 6 nitrogen and oxygen atoms in total. The predicted molar refractivity (Wildman–Crippen MR) is 107 cm³/mol. The van der Waals surface area contributed by atoms with Gasteiger partial charge in [-0.25, -0.2) is 9.37 Å². The van der Waals surface area contributed by atoms with Crippen LogP contribution in [0.15, 0.2) is 36.7 Å². The molecule has 0 bridgehead atoms. The Hall–Kier alpha value is -2.80. The molecule has 146 valence electrons. The van der Waals surface area contributed by atoms with Crippen LogP contribution < -0.4 is 0 Å². The summed E-state index contributed by atoms with van der Waals surface area (Å²) in [7, 11) is 5.54. The molecule has 4 rings (SSSR count). The van der Waals surface area contributed by atoms with Gasteiger partial charge in [0.1, 0.15) is 5.82 Å². The highest BCUT2D eigenvalue weighted by Crippen LogP contribution is 2.28. The highest BCUT2D eigenvalue weighted by molar-refractivity contribution is 6.07. The number of likely N-dealkylation sites (tertiary alicyclic amines) is 1. The summed E-state index contributed by atoms with van der Waals surface area (Å²) in [5.41, 5.74) is 2.44. The van der Waals surface area contributed by atoms with Gasteiger partial charge in [-0.1, -0.05) is 0 Å². The van der Waals surface area contributed by atoms with E-state index in [0.29, 0.717) is 28.2 Å². The summed E-state index contributed by atoms with van der Waals surface area (Å²) in [5.74, 6) is -0.509. The molecule has 0 atom stereocenters. The molecule has 0 unspecified atom stereocenters. The van der Waals surface area contributed by atoms with Gasteiger partial charge < -0.3 is 9.80 Å². The molecule has 1 saturated heterocycles. The Morgan fingerprint density at radius 1 is 1.21 bits per heavy atom. The molecule has 0 spiro atoms. The van der Waals surface area contributed by atoms with Gasteiger partial charge in [0, 0.05) is 37.3 Å². The van der Waals surface area contributed by atoms with Crippen molar-refractivity contribution in [2.24, 2.45) is 0 Å². The van der Waals surface area contributed by atoms with Crippen molar-refractivity contribution in [1.82, 2.24) is 24.6 Å². The number of hydrogen-bond acceptors (Lipinski definition) is 4. The number of aromatic nitrogens is 3. The van der Waals surface area contributed by atoms with Crippen LogP contribution in [0.1, 0.15) is 29.2 Å². The van der Waals surface area contributed by atoms with Crippen molar-refractivity contribution in [3.8, 4) is 11.3 Å². The van der Waals surface area contributed by atoms with E-state index < -0.39 is 0 Å². The smallest absolute Gasteiger partial charge is 0.254 e. The van der Waals surface area contributed by atoms with Gasteiger partial charge in [-0.3, -0.25) is 9.48 Å². The maximum absolute atomic E-state index is 13.8. The number of rotatable bonds is 3. The lowest BCUT2D eigenvalue weighted by atomic mass is 10.0. The second-order valence-electron chi connectivity index (χ2n) is 7.66. The van der Waals surface area contributed by atoms with Crippen LogP contribution in [0.3, 0.4) is 0 Å². The molecule has 1 amide bonds. The second-order valence-corrected chi connectivity index (χ2v) is 7.66. The van der Waals surface area contributed by atoms with Crippen molar-refractivity contribution in [3.05, 3.63) is 48.0 Å². The van der Waals surface area contributed by atoms with Crippen LogP contribution in [0.25, 0.3) is 22.2 Å². The minimum Gasteiger partial charge on any atom is -0.345 e. The molecule has 1 aliphatic heterocycles. The number of carbonyl (C=O) groups excluding carboxylic acids is 1. The molecule has 0 saturated carbocycles. The zero-order valence-electron chi connectivity index (χ0n) is 16.4. The fraction of sp³-hybridized carbons (Fsp3) is 0.381. The zero-order chi connectivity index (χ0) is 19.8. The zero-order valence-corrected chi connectivity index (χ0v) is 16.4. The fourth-order valence-electron chi connectivity index (χ4n) is 3.70. The molecule has 2 aromatic heterocycles. The molecule has 1 aliphatic rings. The minimum atomic E-state index is -0.373. The molecular formula is C21H24FN5O. The maximum atomic E-state index is 13.8. The summed E-state index contributed by atoms with van der Waals surface area (Å²) in [5, 5.41) is 5.18. The Bertz CT molecular complexity index is 1020. The molecule has 1 fully saturated rings. The average Bonchev–Trinajstić information content (AvgIpc) is 3.17. The monoisotopic (exact) mass is 381 g/mol. The number of piperidine rings is 1. The van der Waals surface area contributed by atoms with Gasteiger partial charge in [-0.2, -0.15) is 5.10 Å². The van der Waals surface area contributed by atoms with Crippen LogP contribution in [0.2, 0.25) is 0 Å². The number of amides is 1. The van der Waals surface area contributed by atoms with Crippen LogP contribution in [0.4, 0.5) is 4.39 Å². The molecule has 28 heavy (non-hydrogen) atoms. The largest absolute Gasteiger partial charge is 0.345 e.